The molecule has 15 heavy (non-hydrogen) atoms. The van der Waals surface area contributed by atoms with Crippen LogP contribution in [0.4, 0.5) is 0 Å². The smallest absolute Gasteiger partial charge is 0.143 e. The van der Waals surface area contributed by atoms with Gasteiger partial charge in [0, 0.05) is 6.04 Å². The minimum Gasteiger partial charge on any atom is -0.490 e. The summed E-state index contributed by atoms with van der Waals surface area (Å²) in [5.74, 6) is 0.722. The van der Waals surface area contributed by atoms with Crippen molar-refractivity contribution < 1.29 is 4.74 Å². The largest absolute Gasteiger partial charge is 0.490 e. The molecule has 1 heterocycles. The molecule has 0 aliphatic heterocycles. The van der Waals surface area contributed by atoms with E-state index in [1.807, 2.05) is 20.2 Å². The third-order valence-corrected chi connectivity index (χ3v) is 3.28. The Hall–Kier alpha value is -0.320. The van der Waals surface area contributed by atoms with E-state index in [0.717, 1.165) is 10.2 Å². The van der Waals surface area contributed by atoms with Crippen molar-refractivity contribution in [2.75, 3.05) is 20.7 Å². The summed E-state index contributed by atoms with van der Waals surface area (Å²) >= 11 is 9.07. The summed E-state index contributed by atoms with van der Waals surface area (Å²) in [6.45, 7) is 2.72. The van der Waals surface area contributed by atoms with Crippen molar-refractivity contribution in [2.24, 2.45) is 0 Å². The third kappa shape index (κ3) is 3.97. The molecule has 5 heteroatoms. The van der Waals surface area contributed by atoms with Gasteiger partial charge in [0.15, 0.2) is 0 Å². The number of pyridine rings is 1. The Labute approximate surface area is 104 Å². The lowest BCUT2D eigenvalue weighted by Crippen LogP contribution is -2.30. The second kappa shape index (κ2) is 5.68. The highest BCUT2D eigenvalue weighted by Gasteiger charge is 2.06. The van der Waals surface area contributed by atoms with E-state index >= 15 is 0 Å². The Morgan fingerprint density at radius 2 is 2.27 bits per heavy atom. The Morgan fingerprint density at radius 3 is 2.80 bits per heavy atom. The molecule has 0 aromatic carbocycles. The molecule has 0 spiro atoms. The number of aromatic nitrogens is 1. The van der Waals surface area contributed by atoms with Crippen LogP contribution in [-0.4, -0.2) is 36.6 Å². The summed E-state index contributed by atoms with van der Waals surface area (Å²) in [6.07, 6.45) is 1.62. The van der Waals surface area contributed by atoms with Gasteiger partial charge in [-0.15, -0.1) is 0 Å². The molecule has 0 N–H and O–H groups in total. The van der Waals surface area contributed by atoms with E-state index in [1.165, 1.54) is 0 Å². The number of ether oxygens (including phenoxy) is 1. The van der Waals surface area contributed by atoms with Crippen molar-refractivity contribution in [3.63, 3.8) is 0 Å². The van der Waals surface area contributed by atoms with Gasteiger partial charge in [0.2, 0.25) is 0 Å². The summed E-state index contributed by atoms with van der Waals surface area (Å²) in [5, 5.41) is 0.447. The van der Waals surface area contributed by atoms with Gasteiger partial charge in [0.25, 0.3) is 0 Å². The summed E-state index contributed by atoms with van der Waals surface area (Å²) < 4.78 is 6.32. The van der Waals surface area contributed by atoms with Crippen molar-refractivity contribution in [1.82, 2.24) is 9.88 Å². The molecule has 84 valence electrons. The maximum atomic E-state index is 5.77. The number of hydrogen-bond donors (Lipinski definition) is 0. The minimum absolute atomic E-state index is 0.361. The first-order valence-corrected chi connectivity index (χ1v) is 5.78. The second-order valence-electron chi connectivity index (χ2n) is 3.57. The fourth-order valence-corrected chi connectivity index (χ4v) is 1.28. The standard InChI is InChI=1S/C10H14BrClN2O/c1-7(14(2)3)6-15-8-4-9(11)10(12)13-5-8/h4-5,7H,6H2,1-3H3/t7-/m0/s1. The molecule has 0 fully saturated rings. The monoisotopic (exact) mass is 292 g/mol. The number of nitrogens with zero attached hydrogens (tertiary/aromatic N) is 2. The molecule has 0 saturated heterocycles. The third-order valence-electron chi connectivity index (χ3n) is 2.14. The van der Waals surface area contributed by atoms with Crippen molar-refractivity contribution in [3.8, 4) is 5.75 Å². The van der Waals surface area contributed by atoms with Gasteiger partial charge in [-0.25, -0.2) is 4.98 Å². The molecule has 0 aliphatic carbocycles. The Bertz CT molecular complexity index is 333. The van der Waals surface area contributed by atoms with Gasteiger partial charge < -0.3 is 9.64 Å². The first-order chi connectivity index (χ1) is 7.00. The van der Waals surface area contributed by atoms with Crippen LogP contribution in [0.3, 0.4) is 0 Å². The van der Waals surface area contributed by atoms with E-state index < -0.39 is 0 Å². The van der Waals surface area contributed by atoms with E-state index in [-0.39, 0.29) is 0 Å². The summed E-state index contributed by atoms with van der Waals surface area (Å²) in [5.41, 5.74) is 0. The first-order valence-electron chi connectivity index (χ1n) is 4.61. The molecule has 0 saturated carbocycles. The molecule has 0 radical (unpaired) electrons. The van der Waals surface area contributed by atoms with Gasteiger partial charge in [-0.2, -0.15) is 0 Å². The molecular weight excluding hydrogens is 279 g/mol. The average Bonchev–Trinajstić information content (AvgIpc) is 2.19. The highest BCUT2D eigenvalue weighted by atomic mass is 79.9. The normalized spacial score (nSPS) is 12.9. The highest BCUT2D eigenvalue weighted by molar-refractivity contribution is 9.10. The average molecular weight is 294 g/mol. The molecule has 0 amide bonds. The lowest BCUT2D eigenvalue weighted by atomic mass is 10.3. The van der Waals surface area contributed by atoms with Crippen LogP contribution < -0.4 is 4.74 Å². The fraction of sp³-hybridized carbons (Fsp3) is 0.500. The summed E-state index contributed by atoms with van der Waals surface area (Å²) in [7, 11) is 4.04. The summed E-state index contributed by atoms with van der Waals surface area (Å²) in [4.78, 5) is 6.08. The van der Waals surface area contributed by atoms with Gasteiger partial charge in [-0.1, -0.05) is 11.6 Å². The molecule has 0 bridgehead atoms. The predicted octanol–water partition coefficient (Wildman–Crippen LogP) is 2.83. The van der Waals surface area contributed by atoms with Crippen LogP contribution in [0, 0.1) is 0 Å². The van der Waals surface area contributed by atoms with Crippen molar-refractivity contribution >= 4 is 27.5 Å². The lowest BCUT2D eigenvalue weighted by molar-refractivity contribution is 0.198. The maximum absolute atomic E-state index is 5.77. The lowest BCUT2D eigenvalue weighted by Gasteiger charge is -2.19. The quantitative estimate of drug-likeness (QED) is 0.798. The molecule has 1 aromatic heterocycles. The van der Waals surface area contributed by atoms with Crippen LogP contribution in [0.2, 0.25) is 5.15 Å². The number of likely N-dealkylation sites (N-methyl/N-ethyl adjacent to an activating group) is 1. The van der Waals surface area contributed by atoms with E-state index in [0.29, 0.717) is 17.8 Å². The minimum atomic E-state index is 0.361. The Morgan fingerprint density at radius 1 is 1.60 bits per heavy atom. The Kier molecular flexibility index (Phi) is 4.83. The first kappa shape index (κ1) is 12.7. The maximum Gasteiger partial charge on any atom is 0.143 e. The number of hydrogen-bond acceptors (Lipinski definition) is 3. The molecule has 3 nitrogen and oxygen atoms in total. The topological polar surface area (TPSA) is 25.4 Å². The molecule has 0 aliphatic rings. The van der Waals surface area contributed by atoms with E-state index in [4.69, 9.17) is 16.3 Å². The second-order valence-corrected chi connectivity index (χ2v) is 4.78. The predicted molar refractivity (Wildman–Crippen MR) is 65.6 cm³/mol. The fourth-order valence-electron chi connectivity index (χ4n) is 0.849. The van der Waals surface area contributed by atoms with E-state index in [1.54, 1.807) is 6.20 Å². The van der Waals surface area contributed by atoms with Gasteiger partial charge >= 0.3 is 0 Å². The molecule has 1 atom stereocenters. The van der Waals surface area contributed by atoms with E-state index in [2.05, 4.69) is 32.7 Å². The Balaban J connectivity index is 2.55. The zero-order valence-corrected chi connectivity index (χ0v) is 11.3. The van der Waals surface area contributed by atoms with E-state index in [9.17, 15) is 0 Å². The van der Waals surface area contributed by atoms with Gasteiger partial charge in [-0.05, 0) is 43.0 Å². The van der Waals surface area contributed by atoms with Crippen LogP contribution in [0.1, 0.15) is 6.92 Å². The molecule has 1 rings (SSSR count). The van der Waals surface area contributed by atoms with Gasteiger partial charge in [0.05, 0.1) is 10.7 Å². The van der Waals surface area contributed by atoms with Crippen LogP contribution in [0.5, 0.6) is 5.75 Å². The van der Waals surface area contributed by atoms with Crippen molar-refractivity contribution in [2.45, 2.75) is 13.0 Å². The number of halogens is 2. The molecular formula is C10H14BrClN2O. The zero-order valence-electron chi connectivity index (χ0n) is 9.00. The highest BCUT2D eigenvalue weighted by Crippen LogP contribution is 2.24. The number of rotatable bonds is 4. The SMILES string of the molecule is C[C@@H](COc1cnc(Cl)c(Br)c1)N(C)C. The van der Waals surface area contributed by atoms with Crippen molar-refractivity contribution in [3.05, 3.63) is 21.9 Å². The zero-order chi connectivity index (χ0) is 11.4. The van der Waals surface area contributed by atoms with Gasteiger partial charge in [-0.3, -0.25) is 0 Å². The molecule has 0 unspecified atom stereocenters. The van der Waals surface area contributed by atoms with Crippen LogP contribution in [0.15, 0.2) is 16.7 Å². The van der Waals surface area contributed by atoms with Crippen LogP contribution >= 0.6 is 27.5 Å². The van der Waals surface area contributed by atoms with Crippen LogP contribution in [-0.2, 0) is 0 Å². The van der Waals surface area contributed by atoms with Crippen molar-refractivity contribution in [1.29, 1.82) is 0 Å². The van der Waals surface area contributed by atoms with Gasteiger partial charge in [0.1, 0.15) is 17.5 Å². The summed E-state index contributed by atoms with van der Waals surface area (Å²) in [6, 6.07) is 2.18. The van der Waals surface area contributed by atoms with Crippen LogP contribution in [0.25, 0.3) is 0 Å². The molecule has 1 aromatic rings.